The van der Waals surface area contributed by atoms with E-state index in [0.29, 0.717) is 13.0 Å². The zero-order valence-electron chi connectivity index (χ0n) is 27.4. The Balaban J connectivity index is 1.33. The number of aliphatic hydroxyl groups is 2. The van der Waals surface area contributed by atoms with E-state index >= 15 is 0 Å². The van der Waals surface area contributed by atoms with E-state index in [2.05, 4.69) is 6.92 Å². The fourth-order valence-corrected chi connectivity index (χ4v) is 8.06. The third-order valence-corrected chi connectivity index (χ3v) is 10.7. The maximum absolute atomic E-state index is 13.2. The van der Waals surface area contributed by atoms with Crippen molar-refractivity contribution in [1.82, 2.24) is 0 Å². The van der Waals surface area contributed by atoms with Crippen LogP contribution in [0.3, 0.4) is 0 Å². The van der Waals surface area contributed by atoms with Gasteiger partial charge in [0, 0.05) is 12.3 Å². The Morgan fingerprint density at radius 2 is 1.22 bits per heavy atom. The second-order valence-corrected chi connectivity index (χ2v) is 14.5. The second kappa shape index (κ2) is 16.9. The predicted octanol–water partition coefficient (Wildman–Crippen LogP) is 5.31. The molecule has 3 saturated heterocycles. The molecule has 7 nitrogen and oxygen atoms in total. The Labute approximate surface area is 252 Å². The summed E-state index contributed by atoms with van der Waals surface area (Å²) in [5, 5.41) is 21.5. The van der Waals surface area contributed by atoms with Gasteiger partial charge in [-0.2, -0.15) is 0 Å². The number of quaternary nitrogens is 2. The van der Waals surface area contributed by atoms with Crippen molar-refractivity contribution >= 4 is 5.97 Å². The molecule has 7 heteroatoms. The number of carbonyl (C=O) groups is 1. The molecule has 2 bridgehead atoms. The Bertz CT molecular complexity index is 733. The molecule has 5 unspecified atom stereocenters. The van der Waals surface area contributed by atoms with Crippen molar-refractivity contribution in [2.75, 3.05) is 59.0 Å². The van der Waals surface area contributed by atoms with Gasteiger partial charge in [-0.05, 0) is 39.0 Å². The molecule has 3 heterocycles. The SMILES string of the molecule is CCCCCCCCCCCC[N+]12CC[N+](CCCOC(=O)C3CC(OC(C)C)C(O)C(O)C3C(C)C)(CC1)CC2. The first-order valence-electron chi connectivity index (χ1n) is 17.5. The van der Waals surface area contributed by atoms with E-state index in [0.717, 1.165) is 13.0 Å². The lowest BCUT2D eigenvalue weighted by atomic mass is 9.69. The predicted molar refractivity (Wildman–Crippen MR) is 165 cm³/mol. The highest BCUT2D eigenvalue weighted by Crippen LogP contribution is 2.38. The molecule has 1 saturated carbocycles. The number of carbonyl (C=O) groups excluding carboxylic acids is 1. The van der Waals surface area contributed by atoms with Gasteiger partial charge in [-0.3, -0.25) is 4.79 Å². The third-order valence-electron chi connectivity index (χ3n) is 10.7. The molecule has 3 aliphatic heterocycles. The van der Waals surface area contributed by atoms with E-state index in [-0.39, 0.29) is 23.9 Å². The van der Waals surface area contributed by atoms with Crippen molar-refractivity contribution in [3.05, 3.63) is 0 Å². The fourth-order valence-electron chi connectivity index (χ4n) is 8.06. The zero-order chi connectivity index (χ0) is 29.9. The third kappa shape index (κ3) is 10.2. The number of hydrogen-bond acceptors (Lipinski definition) is 5. The van der Waals surface area contributed by atoms with E-state index in [1.165, 1.54) is 119 Å². The molecule has 41 heavy (non-hydrogen) atoms. The molecule has 4 fully saturated rings. The van der Waals surface area contributed by atoms with Crippen molar-refractivity contribution in [1.29, 1.82) is 0 Å². The molecule has 0 spiro atoms. The molecule has 5 atom stereocenters. The van der Waals surface area contributed by atoms with Crippen molar-refractivity contribution in [2.45, 2.75) is 136 Å². The molecule has 2 N–H and O–H groups in total. The van der Waals surface area contributed by atoms with Gasteiger partial charge in [0.1, 0.15) is 45.4 Å². The summed E-state index contributed by atoms with van der Waals surface area (Å²) in [4.78, 5) is 13.2. The van der Waals surface area contributed by atoms with Crippen LogP contribution in [0.15, 0.2) is 0 Å². The van der Waals surface area contributed by atoms with Crippen LogP contribution in [-0.2, 0) is 14.3 Å². The van der Waals surface area contributed by atoms with Crippen molar-refractivity contribution < 1.29 is 33.4 Å². The van der Waals surface area contributed by atoms with E-state index in [4.69, 9.17) is 9.47 Å². The summed E-state index contributed by atoms with van der Waals surface area (Å²) in [7, 11) is 0. The normalized spacial score (nSPS) is 33.5. The number of piperazine rings is 3. The van der Waals surface area contributed by atoms with Crippen LogP contribution >= 0.6 is 0 Å². The first-order valence-corrected chi connectivity index (χ1v) is 17.5. The van der Waals surface area contributed by atoms with E-state index in [1.807, 2.05) is 27.7 Å². The topological polar surface area (TPSA) is 76.0 Å². The minimum atomic E-state index is -0.983. The van der Waals surface area contributed by atoms with Crippen LogP contribution in [0.4, 0.5) is 0 Å². The summed E-state index contributed by atoms with van der Waals surface area (Å²) >= 11 is 0. The number of fused-ring (bicyclic) bond motifs is 3. The quantitative estimate of drug-likeness (QED) is 0.123. The number of nitrogens with zero attached hydrogens (tertiary/aromatic N) is 2. The minimum Gasteiger partial charge on any atom is -0.465 e. The molecule has 0 aromatic carbocycles. The van der Waals surface area contributed by atoms with Gasteiger partial charge in [0.05, 0.1) is 43.9 Å². The minimum absolute atomic E-state index is 0.0657. The maximum Gasteiger partial charge on any atom is 0.309 e. The molecular weight excluding hydrogens is 516 g/mol. The monoisotopic (exact) mass is 582 g/mol. The summed E-state index contributed by atoms with van der Waals surface area (Å²) in [5.74, 6) is -0.942. The van der Waals surface area contributed by atoms with Crippen LogP contribution in [0.5, 0.6) is 0 Å². The van der Waals surface area contributed by atoms with Gasteiger partial charge in [0.25, 0.3) is 0 Å². The van der Waals surface area contributed by atoms with Gasteiger partial charge in [0.2, 0.25) is 0 Å². The number of ether oxygens (including phenoxy) is 2. The van der Waals surface area contributed by atoms with Gasteiger partial charge < -0.3 is 28.7 Å². The number of esters is 1. The van der Waals surface area contributed by atoms with Gasteiger partial charge in [0.15, 0.2) is 0 Å². The Morgan fingerprint density at radius 1 is 0.732 bits per heavy atom. The lowest BCUT2D eigenvalue weighted by Crippen LogP contribution is -2.75. The Kier molecular flexibility index (Phi) is 14.4. The summed E-state index contributed by atoms with van der Waals surface area (Å²) < 4.78 is 14.2. The van der Waals surface area contributed by atoms with Crippen LogP contribution in [0, 0.1) is 17.8 Å². The maximum atomic E-state index is 13.2. The molecule has 4 aliphatic rings. The largest absolute Gasteiger partial charge is 0.465 e. The van der Waals surface area contributed by atoms with Crippen LogP contribution < -0.4 is 0 Å². The molecule has 0 aromatic rings. The van der Waals surface area contributed by atoms with E-state index in [1.54, 1.807) is 0 Å². The van der Waals surface area contributed by atoms with Crippen LogP contribution in [0.2, 0.25) is 0 Å². The van der Waals surface area contributed by atoms with Crippen LogP contribution in [0.1, 0.15) is 112 Å². The number of hydrogen-bond donors (Lipinski definition) is 2. The Morgan fingerprint density at radius 3 is 1.71 bits per heavy atom. The van der Waals surface area contributed by atoms with E-state index in [9.17, 15) is 15.0 Å². The van der Waals surface area contributed by atoms with Gasteiger partial charge >= 0.3 is 5.97 Å². The van der Waals surface area contributed by atoms with Gasteiger partial charge in [-0.15, -0.1) is 0 Å². The summed E-state index contributed by atoms with van der Waals surface area (Å²) in [5.41, 5.74) is 0. The number of rotatable bonds is 19. The molecule has 4 rings (SSSR count). The highest BCUT2D eigenvalue weighted by molar-refractivity contribution is 5.73. The highest BCUT2D eigenvalue weighted by Gasteiger charge is 2.50. The lowest BCUT2D eigenvalue weighted by molar-refractivity contribution is -1.08. The number of unbranched alkanes of at least 4 members (excludes halogenated alkanes) is 9. The lowest BCUT2D eigenvalue weighted by Gasteiger charge is -2.55. The summed E-state index contributed by atoms with van der Waals surface area (Å²) in [6.07, 6.45) is 12.8. The standard InChI is InChI=1S/C34H66N2O5/c1-6-7-8-9-10-11-12-13-14-15-17-35-19-22-36(23-20-35,24-21-35)18-16-25-40-34(39)29-26-30(41-28(4)5)32(37)33(38)31(29)27(2)3/h27-33,37-38H,6-26H2,1-5H3/q+2. The summed E-state index contributed by atoms with van der Waals surface area (Å²) in [6, 6.07) is 0. The average molecular weight is 583 g/mol. The first kappa shape index (κ1) is 34.8. The molecular formula is C34H66N2O5+2. The van der Waals surface area contributed by atoms with Gasteiger partial charge in [-0.1, -0.05) is 72.1 Å². The molecule has 0 radical (unpaired) electrons. The van der Waals surface area contributed by atoms with Gasteiger partial charge in [-0.25, -0.2) is 0 Å². The molecule has 240 valence electrons. The van der Waals surface area contributed by atoms with Crippen LogP contribution in [-0.4, -0.2) is 109 Å². The molecule has 1 aliphatic carbocycles. The van der Waals surface area contributed by atoms with Crippen molar-refractivity contribution in [2.24, 2.45) is 17.8 Å². The first-order chi connectivity index (χ1) is 19.6. The van der Waals surface area contributed by atoms with Crippen molar-refractivity contribution in [3.63, 3.8) is 0 Å². The fraction of sp³-hybridized carbons (Fsp3) is 0.971. The molecule has 0 aromatic heterocycles. The number of aliphatic hydroxyl groups excluding tert-OH is 2. The summed E-state index contributed by atoms with van der Waals surface area (Å²) in [6.45, 7) is 20.7. The van der Waals surface area contributed by atoms with E-state index < -0.39 is 24.2 Å². The average Bonchev–Trinajstić information content (AvgIpc) is 2.95. The van der Waals surface area contributed by atoms with Crippen molar-refractivity contribution in [3.8, 4) is 0 Å². The highest BCUT2D eigenvalue weighted by atomic mass is 16.5. The Hall–Kier alpha value is -0.730. The smallest absolute Gasteiger partial charge is 0.309 e. The van der Waals surface area contributed by atoms with Crippen LogP contribution in [0.25, 0.3) is 0 Å². The zero-order valence-corrected chi connectivity index (χ0v) is 27.4. The second-order valence-electron chi connectivity index (χ2n) is 14.5. The molecule has 0 amide bonds.